The Bertz CT molecular complexity index is 520. The van der Waals surface area contributed by atoms with E-state index in [0.717, 1.165) is 33.3 Å². The molecular formula is C11H10N2S. The Morgan fingerprint density at radius 3 is 2.93 bits per heavy atom. The van der Waals surface area contributed by atoms with Gasteiger partial charge in [-0.05, 0) is 12.0 Å². The Labute approximate surface area is 86.6 Å². The van der Waals surface area contributed by atoms with Gasteiger partial charge in [0, 0.05) is 10.8 Å². The number of rotatable bonds is 1. The van der Waals surface area contributed by atoms with Gasteiger partial charge >= 0.3 is 0 Å². The van der Waals surface area contributed by atoms with Gasteiger partial charge < -0.3 is 5.73 Å². The Morgan fingerprint density at radius 1 is 1.50 bits per heavy atom. The second-order valence-electron chi connectivity index (χ2n) is 3.13. The number of hydrogen-bond donors (Lipinski definition) is 1. The summed E-state index contributed by atoms with van der Waals surface area (Å²) in [5, 5.41) is 11.7. The van der Waals surface area contributed by atoms with E-state index in [-0.39, 0.29) is 0 Å². The molecule has 2 rings (SSSR count). The molecule has 3 heteroatoms. The first kappa shape index (κ1) is 9.04. The molecule has 0 fully saturated rings. The molecule has 0 atom stereocenters. The van der Waals surface area contributed by atoms with Gasteiger partial charge in [0.15, 0.2) is 0 Å². The van der Waals surface area contributed by atoms with Crippen molar-refractivity contribution in [3.8, 4) is 6.07 Å². The van der Waals surface area contributed by atoms with Crippen molar-refractivity contribution < 1.29 is 0 Å². The van der Waals surface area contributed by atoms with Crippen LogP contribution < -0.4 is 5.73 Å². The smallest absolute Gasteiger partial charge is 0.101 e. The summed E-state index contributed by atoms with van der Waals surface area (Å²) in [5.41, 5.74) is 8.71. The van der Waals surface area contributed by atoms with E-state index in [2.05, 4.69) is 13.0 Å². The number of anilines is 1. The first-order valence-electron chi connectivity index (χ1n) is 4.46. The zero-order chi connectivity index (χ0) is 10.1. The predicted molar refractivity (Wildman–Crippen MR) is 60.3 cm³/mol. The summed E-state index contributed by atoms with van der Waals surface area (Å²) in [5.74, 6) is 0. The minimum Gasteiger partial charge on any atom is -0.397 e. The highest BCUT2D eigenvalue weighted by Gasteiger charge is 2.08. The number of nitrogens with zero attached hydrogens (tertiary/aromatic N) is 1. The number of benzene rings is 1. The molecule has 2 N–H and O–H groups in total. The Morgan fingerprint density at radius 2 is 2.29 bits per heavy atom. The van der Waals surface area contributed by atoms with E-state index in [1.165, 1.54) is 0 Å². The van der Waals surface area contributed by atoms with Gasteiger partial charge in [-0.1, -0.05) is 19.1 Å². The number of thiophene rings is 1. The van der Waals surface area contributed by atoms with Gasteiger partial charge in [0.2, 0.25) is 0 Å². The highest BCUT2D eigenvalue weighted by atomic mass is 32.1. The van der Waals surface area contributed by atoms with E-state index in [4.69, 9.17) is 11.0 Å². The van der Waals surface area contributed by atoms with Crippen LogP contribution in [0.15, 0.2) is 17.5 Å². The van der Waals surface area contributed by atoms with Gasteiger partial charge in [0.25, 0.3) is 0 Å². The maximum absolute atomic E-state index is 8.86. The fourth-order valence-corrected chi connectivity index (χ4v) is 2.53. The first-order chi connectivity index (χ1) is 6.77. The van der Waals surface area contributed by atoms with Crippen LogP contribution in [0.4, 0.5) is 5.69 Å². The lowest BCUT2D eigenvalue weighted by Crippen LogP contribution is -1.92. The Hall–Kier alpha value is -1.53. The van der Waals surface area contributed by atoms with Crippen LogP contribution in [0.5, 0.6) is 0 Å². The van der Waals surface area contributed by atoms with E-state index < -0.39 is 0 Å². The van der Waals surface area contributed by atoms with E-state index >= 15 is 0 Å². The summed E-state index contributed by atoms with van der Waals surface area (Å²) in [6.45, 7) is 2.08. The molecule has 14 heavy (non-hydrogen) atoms. The molecule has 70 valence electrons. The van der Waals surface area contributed by atoms with E-state index in [0.29, 0.717) is 0 Å². The number of nitrogens with two attached hydrogens (primary N) is 1. The van der Waals surface area contributed by atoms with Crippen LogP contribution >= 0.6 is 11.3 Å². The molecule has 0 aliphatic rings. The van der Waals surface area contributed by atoms with Gasteiger partial charge in [0.05, 0.1) is 16.0 Å². The van der Waals surface area contributed by atoms with Gasteiger partial charge in [-0.25, -0.2) is 0 Å². The molecule has 0 saturated carbocycles. The number of nitriles is 1. The normalized spacial score (nSPS) is 10.3. The molecule has 1 aromatic heterocycles. The molecule has 0 aliphatic carbocycles. The summed E-state index contributed by atoms with van der Waals surface area (Å²) < 4.78 is 1.04. The summed E-state index contributed by atoms with van der Waals surface area (Å²) in [7, 11) is 0. The maximum Gasteiger partial charge on any atom is 0.101 e. The summed E-state index contributed by atoms with van der Waals surface area (Å²) in [6, 6.07) is 6.16. The largest absolute Gasteiger partial charge is 0.397 e. The summed E-state index contributed by atoms with van der Waals surface area (Å²) in [6.07, 6.45) is 0.932. The molecule has 1 heterocycles. The summed E-state index contributed by atoms with van der Waals surface area (Å²) in [4.78, 5) is 0. The van der Waals surface area contributed by atoms with Crippen molar-refractivity contribution in [1.29, 1.82) is 5.26 Å². The van der Waals surface area contributed by atoms with E-state index in [1.54, 1.807) is 11.3 Å². The fourth-order valence-electron chi connectivity index (χ4n) is 1.56. The maximum atomic E-state index is 8.86. The minimum atomic E-state index is 0.722. The summed E-state index contributed by atoms with van der Waals surface area (Å²) >= 11 is 1.55. The number of fused-ring (bicyclic) bond motifs is 1. The van der Waals surface area contributed by atoms with Crippen molar-refractivity contribution in [1.82, 2.24) is 0 Å². The Balaban J connectivity index is 2.80. The van der Waals surface area contributed by atoms with Crippen molar-refractivity contribution in [2.24, 2.45) is 0 Å². The van der Waals surface area contributed by atoms with Gasteiger partial charge in [0.1, 0.15) is 6.07 Å². The van der Waals surface area contributed by atoms with Gasteiger partial charge in [-0.15, -0.1) is 11.3 Å². The predicted octanol–water partition coefficient (Wildman–Crippen LogP) is 2.92. The van der Waals surface area contributed by atoms with Gasteiger partial charge in [-0.3, -0.25) is 0 Å². The molecule has 0 amide bonds. The quantitative estimate of drug-likeness (QED) is 0.723. The SMILES string of the molecule is CCc1ccc2c(C#N)csc2c1N. The molecule has 0 spiro atoms. The molecule has 0 unspecified atom stereocenters. The standard InChI is InChI=1S/C11H10N2S/c1-2-7-3-4-9-8(5-12)6-14-11(9)10(7)13/h3-4,6H,2,13H2,1H3. The van der Waals surface area contributed by atoms with Crippen LogP contribution in [0.3, 0.4) is 0 Å². The molecule has 0 aliphatic heterocycles. The fraction of sp³-hybridized carbons (Fsp3) is 0.182. The highest BCUT2D eigenvalue weighted by molar-refractivity contribution is 7.18. The Kier molecular flexibility index (Phi) is 2.14. The van der Waals surface area contributed by atoms with Crippen LogP contribution in [0, 0.1) is 11.3 Å². The lowest BCUT2D eigenvalue weighted by molar-refractivity contribution is 1.15. The van der Waals surface area contributed by atoms with Crippen molar-refractivity contribution in [2.45, 2.75) is 13.3 Å². The van der Waals surface area contributed by atoms with Crippen LogP contribution in [0.25, 0.3) is 10.1 Å². The van der Waals surface area contributed by atoms with Crippen LogP contribution in [-0.4, -0.2) is 0 Å². The molecule has 2 nitrogen and oxygen atoms in total. The average molecular weight is 202 g/mol. The zero-order valence-corrected chi connectivity index (χ0v) is 8.69. The van der Waals surface area contributed by atoms with Crippen molar-refractivity contribution in [2.75, 3.05) is 5.73 Å². The monoisotopic (exact) mass is 202 g/mol. The van der Waals surface area contributed by atoms with E-state index in [9.17, 15) is 0 Å². The second kappa shape index (κ2) is 3.32. The molecule has 0 saturated heterocycles. The van der Waals surface area contributed by atoms with Crippen molar-refractivity contribution in [3.05, 3.63) is 28.6 Å². The van der Waals surface area contributed by atoms with Crippen LogP contribution in [0.1, 0.15) is 18.1 Å². The molecule has 1 aromatic carbocycles. The molecule has 0 bridgehead atoms. The lowest BCUT2D eigenvalue weighted by Gasteiger charge is -2.03. The topological polar surface area (TPSA) is 49.8 Å². The average Bonchev–Trinajstić information content (AvgIpc) is 2.62. The van der Waals surface area contributed by atoms with Crippen LogP contribution in [-0.2, 0) is 6.42 Å². The van der Waals surface area contributed by atoms with Crippen molar-refractivity contribution >= 4 is 27.1 Å². The first-order valence-corrected chi connectivity index (χ1v) is 5.34. The van der Waals surface area contributed by atoms with E-state index in [1.807, 2.05) is 17.5 Å². The highest BCUT2D eigenvalue weighted by Crippen LogP contribution is 2.32. The zero-order valence-electron chi connectivity index (χ0n) is 7.87. The third kappa shape index (κ3) is 1.16. The number of aryl methyl sites for hydroxylation is 1. The minimum absolute atomic E-state index is 0.722. The van der Waals surface area contributed by atoms with Crippen LogP contribution in [0.2, 0.25) is 0 Å². The number of hydrogen-bond acceptors (Lipinski definition) is 3. The lowest BCUT2D eigenvalue weighted by atomic mass is 10.1. The molecule has 0 radical (unpaired) electrons. The van der Waals surface area contributed by atoms with Crippen molar-refractivity contribution in [3.63, 3.8) is 0 Å². The van der Waals surface area contributed by atoms with Gasteiger partial charge in [-0.2, -0.15) is 5.26 Å². The molecule has 2 aromatic rings. The molecular weight excluding hydrogens is 192 g/mol. The third-order valence-electron chi connectivity index (χ3n) is 2.37. The second-order valence-corrected chi connectivity index (χ2v) is 4.01. The number of nitrogen functional groups attached to an aromatic ring is 1. The third-order valence-corrected chi connectivity index (χ3v) is 3.40.